The molecule has 2 aromatic carbocycles. The lowest BCUT2D eigenvalue weighted by Crippen LogP contribution is -2.38. The molecule has 0 aliphatic carbocycles. The fraction of sp³-hybridized carbons (Fsp3) is 0.174. The van der Waals surface area contributed by atoms with Gasteiger partial charge < -0.3 is 20.3 Å². The van der Waals surface area contributed by atoms with Crippen LogP contribution in [-0.4, -0.2) is 35.4 Å². The van der Waals surface area contributed by atoms with Crippen LogP contribution in [0.25, 0.3) is 0 Å². The maximum absolute atomic E-state index is 12.8. The standard InChI is InChI=1S/C23H20BrClN4O3/c1-26-22(30)21-12-18(6-8-27-21)32-17-4-2-14-7-9-29(13-15(14)10-17)23(31)28-20-5-3-16(24)11-19(20)25/h2-6,8,10-12H,7,9,13H2,1H3,(H,26,30)(H,28,31). The summed E-state index contributed by atoms with van der Waals surface area (Å²) in [5.41, 5.74) is 3.01. The molecule has 1 aromatic heterocycles. The van der Waals surface area contributed by atoms with Crippen molar-refractivity contribution in [3.05, 3.63) is 81.0 Å². The van der Waals surface area contributed by atoms with E-state index in [0.29, 0.717) is 35.3 Å². The Labute approximate surface area is 198 Å². The maximum Gasteiger partial charge on any atom is 0.322 e. The van der Waals surface area contributed by atoms with Gasteiger partial charge in [-0.15, -0.1) is 0 Å². The number of nitrogens with zero attached hydrogens (tertiary/aromatic N) is 2. The molecule has 0 saturated heterocycles. The number of nitrogens with one attached hydrogen (secondary N) is 2. The van der Waals surface area contributed by atoms with Crippen molar-refractivity contribution < 1.29 is 14.3 Å². The molecule has 1 aliphatic heterocycles. The second-order valence-corrected chi connectivity index (χ2v) is 8.54. The van der Waals surface area contributed by atoms with Crippen LogP contribution in [0.1, 0.15) is 21.6 Å². The molecule has 3 aromatic rings. The molecule has 0 atom stereocenters. The number of halogens is 2. The molecule has 164 valence electrons. The molecule has 1 aliphatic rings. The van der Waals surface area contributed by atoms with E-state index in [1.165, 1.54) is 11.8 Å². The fourth-order valence-electron chi connectivity index (χ4n) is 3.42. The van der Waals surface area contributed by atoms with Crippen LogP contribution < -0.4 is 15.4 Å². The molecule has 0 unspecified atom stereocenters. The van der Waals surface area contributed by atoms with Crippen molar-refractivity contribution >= 4 is 45.2 Å². The smallest absolute Gasteiger partial charge is 0.322 e. The Hall–Kier alpha value is -3.10. The number of benzene rings is 2. The Morgan fingerprint density at radius 3 is 2.69 bits per heavy atom. The van der Waals surface area contributed by atoms with E-state index < -0.39 is 0 Å². The average Bonchev–Trinajstić information content (AvgIpc) is 2.80. The SMILES string of the molecule is CNC(=O)c1cc(Oc2ccc3c(c2)CN(C(=O)Nc2ccc(Br)cc2Cl)CC3)ccn1. The number of hydrogen-bond donors (Lipinski definition) is 2. The molecular weight excluding hydrogens is 496 g/mol. The van der Waals surface area contributed by atoms with E-state index in [-0.39, 0.29) is 17.6 Å². The molecule has 3 amide bonds. The highest BCUT2D eigenvalue weighted by Gasteiger charge is 2.22. The van der Waals surface area contributed by atoms with Gasteiger partial charge in [-0.1, -0.05) is 33.6 Å². The molecular formula is C23H20BrClN4O3. The number of ether oxygens (including phenoxy) is 1. The summed E-state index contributed by atoms with van der Waals surface area (Å²) in [5.74, 6) is 0.846. The van der Waals surface area contributed by atoms with E-state index in [4.69, 9.17) is 16.3 Å². The van der Waals surface area contributed by atoms with Gasteiger partial charge in [-0.25, -0.2) is 4.79 Å². The number of carbonyl (C=O) groups is 2. The topological polar surface area (TPSA) is 83.6 Å². The summed E-state index contributed by atoms with van der Waals surface area (Å²) in [6.07, 6.45) is 2.27. The summed E-state index contributed by atoms with van der Waals surface area (Å²) in [6, 6.07) is 14.2. The third-order valence-electron chi connectivity index (χ3n) is 5.08. The van der Waals surface area contributed by atoms with E-state index in [9.17, 15) is 9.59 Å². The normalized spacial score (nSPS) is 12.7. The van der Waals surface area contributed by atoms with Gasteiger partial charge >= 0.3 is 6.03 Å². The Kier molecular flexibility index (Phi) is 6.62. The molecule has 7 nitrogen and oxygen atoms in total. The molecule has 2 N–H and O–H groups in total. The highest BCUT2D eigenvalue weighted by Crippen LogP contribution is 2.29. The zero-order valence-electron chi connectivity index (χ0n) is 17.2. The van der Waals surface area contributed by atoms with Crippen LogP contribution in [0.4, 0.5) is 10.5 Å². The van der Waals surface area contributed by atoms with Gasteiger partial charge in [0, 0.05) is 36.9 Å². The van der Waals surface area contributed by atoms with Crippen molar-refractivity contribution in [1.82, 2.24) is 15.2 Å². The Morgan fingerprint density at radius 2 is 1.91 bits per heavy atom. The van der Waals surface area contributed by atoms with E-state index in [2.05, 4.69) is 31.5 Å². The zero-order chi connectivity index (χ0) is 22.7. The number of anilines is 1. The molecule has 2 heterocycles. The second kappa shape index (κ2) is 9.58. The van der Waals surface area contributed by atoms with Crippen LogP contribution >= 0.6 is 27.5 Å². The van der Waals surface area contributed by atoms with Crippen LogP contribution in [0, 0.1) is 0 Å². The molecule has 4 rings (SSSR count). The summed E-state index contributed by atoms with van der Waals surface area (Å²) in [4.78, 5) is 30.4. The molecule has 0 saturated carbocycles. The number of pyridine rings is 1. The lowest BCUT2D eigenvalue weighted by atomic mass is 10.00. The van der Waals surface area contributed by atoms with E-state index >= 15 is 0 Å². The van der Waals surface area contributed by atoms with Gasteiger partial charge in [-0.2, -0.15) is 0 Å². The Bertz CT molecular complexity index is 1190. The van der Waals surface area contributed by atoms with Crippen molar-refractivity contribution in [2.24, 2.45) is 0 Å². The molecule has 9 heteroatoms. The number of hydrogen-bond acceptors (Lipinski definition) is 4. The monoisotopic (exact) mass is 514 g/mol. The van der Waals surface area contributed by atoms with Crippen LogP contribution in [0.3, 0.4) is 0 Å². The molecule has 0 radical (unpaired) electrons. The summed E-state index contributed by atoms with van der Waals surface area (Å²) in [5, 5.41) is 5.88. The van der Waals surface area contributed by atoms with Gasteiger partial charge in [-0.05, 0) is 53.9 Å². The Morgan fingerprint density at radius 1 is 1.09 bits per heavy atom. The second-order valence-electron chi connectivity index (χ2n) is 7.21. The molecule has 0 spiro atoms. The largest absolute Gasteiger partial charge is 0.457 e. The molecule has 0 fully saturated rings. The van der Waals surface area contributed by atoms with Crippen LogP contribution in [0.15, 0.2) is 59.2 Å². The third kappa shape index (κ3) is 5.03. The van der Waals surface area contributed by atoms with Crippen LogP contribution in [0.2, 0.25) is 5.02 Å². The summed E-state index contributed by atoms with van der Waals surface area (Å²) in [7, 11) is 1.55. The van der Waals surface area contributed by atoms with Gasteiger partial charge in [0.1, 0.15) is 17.2 Å². The first-order valence-electron chi connectivity index (χ1n) is 9.91. The summed E-state index contributed by atoms with van der Waals surface area (Å²) < 4.78 is 6.78. The number of carbonyl (C=O) groups excluding carboxylic acids is 2. The number of aromatic nitrogens is 1. The van der Waals surface area contributed by atoms with Gasteiger partial charge in [-0.3, -0.25) is 9.78 Å². The third-order valence-corrected chi connectivity index (χ3v) is 5.88. The van der Waals surface area contributed by atoms with Crippen molar-refractivity contribution in [3.8, 4) is 11.5 Å². The summed E-state index contributed by atoms with van der Waals surface area (Å²) in [6.45, 7) is 1.05. The zero-order valence-corrected chi connectivity index (χ0v) is 19.5. The fourth-order valence-corrected chi connectivity index (χ4v) is 4.14. The number of urea groups is 1. The lowest BCUT2D eigenvalue weighted by molar-refractivity contribution is 0.0958. The van der Waals surface area contributed by atoms with Crippen molar-refractivity contribution in [2.75, 3.05) is 18.9 Å². The minimum atomic E-state index is -0.284. The lowest BCUT2D eigenvalue weighted by Gasteiger charge is -2.29. The first-order valence-corrected chi connectivity index (χ1v) is 11.1. The number of rotatable bonds is 4. The molecule has 0 bridgehead atoms. The van der Waals surface area contributed by atoms with E-state index in [1.54, 1.807) is 36.2 Å². The van der Waals surface area contributed by atoms with Crippen molar-refractivity contribution in [3.63, 3.8) is 0 Å². The van der Waals surface area contributed by atoms with Crippen molar-refractivity contribution in [1.29, 1.82) is 0 Å². The first-order chi connectivity index (χ1) is 15.4. The van der Waals surface area contributed by atoms with Gasteiger partial charge in [0.2, 0.25) is 0 Å². The number of fused-ring (bicyclic) bond motifs is 1. The minimum absolute atomic E-state index is 0.212. The predicted molar refractivity (Wildman–Crippen MR) is 126 cm³/mol. The quantitative estimate of drug-likeness (QED) is 0.498. The van der Waals surface area contributed by atoms with Crippen molar-refractivity contribution in [2.45, 2.75) is 13.0 Å². The van der Waals surface area contributed by atoms with Gasteiger partial charge in [0.15, 0.2) is 0 Å². The molecule has 32 heavy (non-hydrogen) atoms. The maximum atomic E-state index is 12.8. The first kappa shape index (κ1) is 22.1. The van der Waals surface area contributed by atoms with Gasteiger partial charge in [0.05, 0.1) is 10.7 Å². The van der Waals surface area contributed by atoms with E-state index in [0.717, 1.165) is 16.5 Å². The highest BCUT2D eigenvalue weighted by atomic mass is 79.9. The van der Waals surface area contributed by atoms with Gasteiger partial charge in [0.25, 0.3) is 5.91 Å². The number of amides is 3. The van der Waals surface area contributed by atoms with Crippen LogP contribution in [0.5, 0.6) is 11.5 Å². The highest BCUT2D eigenvalue weighted by molar-refractivity contribution is 9.10. The van der Waals surface area contributed by atoms with E-state index in [1.807, 2.05) is 24.3 Å². The van der Waals surface area contributed by atoms with Crippen LogP contribution in [-0.2, 0) is 13.0 Å². The Balaban J connectivity index is 1.47. The summed E-state index contributed by atoms with van der Waals surface area (Å²) >= 11 is 9.58. The average molecular weight is 516 g/mol. The predicted octanol–water partition coefficient (Wildman–Crippen LogP) is 5.24. The minimum Gasteiger partial charge on any atom is -0.457 e.